The highest BCUT2D eigenvalue weighted by Crippen LogP contribution is 2.48. The molecule has 0 spiro atoms. The quantitative estimate of drug-likeness (QED) is 0.896. The van der Waals surface area contributed by atoms with Crippen molar-refractivity contribution in [3.8, 4) is 0 Å². The number of likely N-dealkylation sites (N-methyl/N-ethyl adjacent to an activating group) is 1. The Morgan fingerprint density at radius 1 is 1.32 bits per heavy atom. The van der Waals surface area contributed by atoms with E-state index >= 15 is 0 Å². The van der Waals surface area contributed by atoms with Crippen molar-refractivity contribution in [3.05, 3.63) is 29.3 Å². The smallest absolute Gasteiger partial charge is 0.0397 e. The van der Waals surface area contributed by atoms with Crippen LogP contribution >= 0.6 is 0 Å². The molecule has 1 heterocycles. The monoisotopic (exact) mass is 258 g/mol. The Morgan fingerprint density at radius 2 is 2.11 bits per heavy atom. The van der Waals surface area contributed by atoms with Gasteiger partial charge in [-0.1, -0.05) is 12.1 Å². The molecule has 2 unspecified atom stereocenters. The molecule has 1 aromatic rings. The second kappa shape index (κ2) is 4.52. The number of nitrogens with zero attached hydrogens (tertiary/aromatic N) is 1. The van der Waals surface area contributed by atoms with E-state index in [-0.39, 0.29) is 5.54 Å². The lowest BCUT2D eigenvalue weighted by molar-refractivity contribution is 0.414. The molecule has 0 radical (unpaired) electrons. The number of rotatable bonds is 3. The number of benzene rings is 1. The molecular weight excluding hydrogens is 232 g/mol. The summed E-state index contributed by atoms with van der Waals surface area (Å²) < 4.78 is 0. The minimum Gasteiger partial charge on any atom is -0.374 e. The van der Waals surface area contributed by atoms with Crippen molar-refractivity contribution in [2.45, 2.75) is 45.1 Å². The zero-order chi connectivity index (χ0) is 13.6. The largest absolute Gasteiger partial charge is 0.374 e. The van der Waals surface area contributed by atoms with E-state index in [1.165, 1.54) is 25.1 Å². The van der Waals surface area contributed by atoms with Crippen LogP contribution in [-0.4, -0.2) is 25.7 Å². The Morgan fingerprint density at radius 3 is 2.84 bits per heavy atom. The summed E-state index contributed by atoms with van der Waals surface area (Å²) in [7, 11) is 2.19. The SMILES string of the molecule is CN1CCc2cc(C3CC3CNC(C)(C)C)ccc21. The Labute approximate surface area is 117 Å². The van der Waals surface area contributed by atoms with Gasteiger partial charge in [-0.05, 0) is 69.2 Å². The van der Waals surface area contributed by atoms with Crippen LogP contribution in [0, 0.1) is 5.92 Å². The lowest BCUT2D eigenvalue weighted by atomic mass is 10.0. The maximum Gasteiger partial charge on any atom is 0.0397 e. The molecule has 0 saturated heterocycles. The standard InChI is InChI=1S/C17H26N2/c1-17(2,3)18-11-14-10-15(14)12-5-6-16-13(9-12)7-8-19(16)4/h5-6,9,14-15,18H,7-8,10-11H2,1-4H3. The van der Waals surface area contributed by atoms with Gasteiger partial charge in [-0.2, -0.15) is 0 Å². The molecule has 2 atom stereocenters. The second-order valence-electron chi connectivity index (χ2n) is 7.29. The average Bonchev–Trinajstić information content (AvgIpc) is 3.04. The number of hydrogen-bond acceptors (Lipinski definition) is 2. The molecule has 0 amide bonds. The van der Waals surface area contributed by atoms with Gasteiger partial charge in [0, 0.05) is 24.8 Å². The molecule has 0 aromatic heterocycles. The molecular formula is C17H26N2. The topological polar surface area (TPSA) is 15.3 Å². The molecule has 2 heteroatoms. The summed E-state index contributed by atoms with van der Waals surface area (Å²) >= 11 is 0. The summed E-state index contributed by atoms with van der Waals surface area (Å²) in [5, 5.41) is 3.63. The maximum atomic E-state index is 3.63. The molecule has 19 heavy (non-hydrogen) atoms. The first-order valence-electron chi connectivity index (χ1n) is 7.53. The van der Waals surface area contributed by atoms with Crippen LogP contribution in [0.4, 0.5) is 5.69 Å². The van der Waals surface area contributed by atoms with Crippen LogP contribution in [0.3, 0.4) is 0 Å². The number of hydrogen-bond donors (Lipinski definition) is 1. The summed E-state index contributed by atoms with van der Waals surface area (Å²) in [6, 6.07) is 7.13. The first kappa shape index (κ1) is 13.0. The zero-order valence-corrected chi connectivity index (χ0v) is 12.7. The van der Waals surface area contributed by atoms with Crippen LogP contribution in [0.15, 0.2) is 18.2 Å². The third-order valence-corrected chi connectivity index (χ3v) is 4.48. The number of fused-ring (bicyclic) bond motifs is 1. The molecule has 3 rings (SSSR count). The van der Waals surface area contributed by atoms with E-state index in [1.54, 1.807) is 11.1 Å². The molecule has 2 aliphatic rings. The Bertz CT molecular complexity index is 473. The van der Waals surface area contributed by atoms with Crippen molar-refractivity contribution in [3.63, 3.8) is 0 Å². The Balaban J connectivity index is 1.63. The fraction of sp³-hybridized carbons (Fsp3) is 0.647. The van der Waals surface area contributed by atoms with Gasteiger partial charge in [-0.25, -0.2) is 0 Å². The van der Waals surface area contributed by atoms with Crippen molar-refractivity contribution >= 4 is 5.69 Å². The molecule has 2 nitrogen and oxygen atoms in total. The van der Waals surface area contributed by atoms with Gasteiger partial charge in [0.15, 0.2) is 0 Å². The fourth-order valence-corrected chi connectivity index (χ4v) is 3.14. The average molecular weight is 258 g/mol. The lowest BCUT2D eigenvalue weighted by Gasteiger charge is -2.20. The number of nitrogens with one attached hydrogen (secondary N) is 1. The van der Waals surface area contributed by atoms with Crippen molar-refractivity contribution in [2.75, 3.05) is 25.0 Å². The van der Waals surface area contributed by atoms with Crippen molar-refractivity contribution in [1.29, 1.82) is 0 Å². The van der Waals surface area contributed by atoms with E-state index in [9.17, 15) is 0 Å². The van der Waals surface area contributed by atoms with Gasteiger partial charge in [0.2, 0.25) is 0 Å². The molecule has 1 N–H and O–H groups in total. The zero-order valence-electron chi connectivity index (χ0n) is 12.7. The summed E-state index contributed by atoms with van der Waals surface area (Å²) in [5.41, 5.74) is 4.80. The summed E-state index contributed by atoms with van der Waals surface area (Å²) in [6.45, 7) is 9.07. The third kappa shape index (κ3) is 2.79. The molecule has 1 saturated carbocycles. The van der Waals surface area contributed by atoms with Crippen molar-refractivity contribution in [1.82, 2.24) is 5.32 Å². The van der Waals surface area contributed by atoms with Gasteiger partial charge in [0.25, 0.3) is 0 Å². The Kier molecular flexibility index (Phi) is 3.09. The molecule has 104 valence electrons. The van der Waals surface area contributed by atoms with Crippen LogP contribution < -0.4 is 10.2 Å². The highest BCUT2D eigenvalue weighted by atomic mass is 15.1. The van der Waals surface area contributed by atoms with Gasteiger partial charge in [0.05, 0.1) is 0 Å². The first-order valence-corrected chi connectivity index (χ1v) is 7.53. The van der Waals surface area contributed by atoms with Crippen molar-refractivity contribution in [2.24, 2.45) is 5.92 Å². The van der Waals surface area contributed by atoms with Crippen LogP contribution in [0.2, 0.25) is 0 Å². The van der Waals surface area contributed by atoms with E-state index < -0.39 is 0 Å². The molecule has 1 aliphatic carbocycles. The summed E-state index contributed by atoms with van der Waals surface area (Å²) in [6.07, 6.45) is 2.58. The van der Waals surface area contributed by atoms with Gasteiger partial charge < -0.3 is 10.2 Å². The minimum absolute atomic E-state index is 0.244. The third-order valence-electron chi connectivity index (χ3n) is 4.48. The highest BCUT2D eigenvalue weighted by molar-refractivity contribution is 5.59. The van der Waals surface area contributed by atoms with E-state index in [2.05, 4.69) is 56.2 Å². The lowest BCUT2D eigenvalue weighted by Crippen LogP contribution is -2.37. The predicted octanol–water partition coefficient (Wildman–Crippen LogP) is 3.17. The molecule has 0 bridgehead atoms. The predicted molar refractivity (Wildman–Crippen MR) is 82.0 cm³/mol. The molecule has 1 aliphatic heterocycles. The molecule has 1 aromatic carbocycles. The van der Waals surface area contributed by atoms with Crippen LogP contribution in [-0.2, 0) is 6.42 Å². The maximum absolute atomic E-state index is 3.63. The second-order valence-corrected chi connectivity index (χ2v) is 7.29. The van der Waals surface area contributed by atoms with Crippen LogP contribution in [0.25, 0.3) is 0 Å². The van der Waals surface area contributed by atoms with Crippen LogP contribution in [0.1, 0.15) is 44.2 Å². The van der Waals surface area contributed by atoms with Crippen LogP contribution in [0.5, 0.6) is 0 Å². The van der Waals surface area contributed by atoms with Gasteiger partial charge in [-0.3, -0.25) is 0 Å². The van der Waals surface area contributed by atoms with Gasteiger partial charge in [-0.15, -0.1) is 0 Å². The van der Waals surface area contributed by atoms with Gasteiger partial charge >= 0.3 is 0 Å². The Hall–Kier alpha value is -1.02. The fourth-order valence-electron chi connectivity index (χ4n) is 3.14. The van der Waals surface area contributed by atoms with E-state index in [0.29, 0.717) is 0 Å². The van der Waals surface area contributed by atoms with Gasteiger partial charge in [0.1, 0.15) is 0 Å². The minimum atomic E-state index is 0.244. The first-order chi connectivity index (χ1) is 8.94. The number of anilines is 1. The summed E-state index contributed by atoms with van der Waals surface area (Å²) in [4.78, 5) is 2.37. The molecule has 1 fully saturated rings. The highest BCUT2D eigenvalue weighted by Gasteiger charge is 2.38. The van der Waals surface area contributed by atoms with E-state index in [1.807, 2.05) is 0 Å². The van der Waals surface area contributed by atoms with Crippen molar-refractivity contribution < 1.29 is 0 Å². The normalized spacial score (nSPS) is 25.6. The van der Waals surface area contributed by atoms with E-state index in [4.69, 9.17) is 0 Å². The van der Waals surface area contributed by atoms with E-state index in [0.717, 1.165) is 18.4 Å². The summed E-state index contributed by atoms with van der Waals surface area (Å²) in [5.74, 6) is 1.64.